The third-order valence-electron chi connectivity index (χ3n) is 4.66. The fraction of sp³-hybridized carbons (Fsp3) is 0.909. The van der Waals surface area contributed by atoms with Crippen molar-refractivity contribution in [2.24, 2.45) is 5.73 Å². The number of carbonyl (C=O) groups is 1. The van der Waals surface area contributed by atoms with Crippen molar-refractivity contribution in [3.63, 3.8) is 0 Å². The molecule has 2 unspecified atom stereocenters. The predicted molar refractivity (Wildman–Crippen MR) is 112 cm³/mol. The van der Waals surface area contributed by atoms with Gasteiger partial charge in [-0.1, -0.05) is 103 Å². The molecular weight excluding hydrogens is 349 g/mol. The number of carboxylic acids is 1. The molecule has 158 valence electrons. The van der Waals surface area contributed by atoms with Gasteiger partial charge in [0.2, 0.25) is 0 Å². The Balaban J connectivity index is -0.000000542. The maximum absolute atomic E-state index is 9.86. The van der Waals surface area contributed by atoms with Crippen LogP contribution >= 0.6 is 0 Å². The molecule has 0 aliphatic heterocycles. The third-order valence-corrected chi connectivity index (χ3v) is 4.66. The van der Waals surface area contributed by atoms with Gasteiger partial charge >= 0.3 is 35.5 Å². The average Bonchev–Trinajstić information content (AvgIpc) is 2.61. The minimum atomic E-state index is -1.18. The Labute approximate surface area is 191 Å². The van der Waals surface area contributed by atoms with E-state index in [0.29, 0.717) is 0 Å². The first kappa shape index (κ1) is 32.1. The summed E-state index contributed by atoms with van der Waals surface area (Å²) in [7, 11) is 0. The Morgan fingerprint density at radius 1 is 0.815 bits per heavy atom. The molecule has 0 radical (unpaired) electrons. The number of nitrogens with two attached hydrogens (primary N) is 1. The Kier molecular flexibility index (Phi) is 31.3. The number of hydrogen-bond acceptors (Lipinski definition) is 3. The monoisotopic (exact) mass is 395 g/mol. The first-order chi connectivity index (χ1) is 12.5. The van der Waals surface area contributed by atoms with E-state index in [2.05, 4.69) is 13.8 Å². The summed E-state index contributed by atoms with van der Waals surface area (Å²) in [6.45, 7) is 7.51. The standard InChI is InChI=1S/C18H37.C4H9NO3.Na/c1-3-5-7-9-11-13-15-17-18-16-14-12-10-8-6-4-2;1-2(6)3(5)4(7)8;/h1,3-18H2,2H3;2-3,6H,5H2,1H3,(H,7,8);/q-1;;+1. The molecule has 0 saturated carbocycles. The van der Waals surface area contributed by atoms with Crippen LogP contribution in [-0.2, 0) is 4.79 Å². The molecule has 0 heterocycles. The van der Waals surface area contributed by atoms with Gasteiger partial charge in [0.05, 0.1) is 6.10 Å². The van der Waals surface area contributed by atoms with Gasteiger partial charge in [-0.3, -0.25) is 4.79 Å². The molecule has 4 N–H and O–H groups in total. The van der Waals surface area contributed by atoms with Crippen molar-refractivity contribution < 1.29 is 44.6 Å². The van der Waals surface area contributed by atoms with Crippen molar-refractivity contribution in [3.8, 4) is 0 Å². The summed E-state index contributed by atoms with van der Waals surface area (Å²) in [5, 5.41) is 16.6. The summed E-state index contributed by atoms with van der Waals surface area (Å²) in [6.07, 6.45) is 21.8. The SMILES string of the molecule is CC(O)C(N)C(=O)O.[CH2-]CCCCCCCCCCCCCCCCC.[Na+]. The van der Waals surface area contributed by atoms with Crippen molar-refractivity contribution in [3.05, 3.63) is 6.92 Å². The summed E-state index contributed by atoms with van der Waals surface area (Å²) in [5.74, 6) is -1.18. The number of rotatable bonds is 17. The number of aliphatic hydroxyl groups is 1. The normalized spacial score (nSPS) is 12.5. The van der Waals surface area contributed by atoms with E-state index < -0.39 is 18.1 Å². The third kappa shape index (κ3) is 28.7. The molecule has 2 atom stereocenters. The molecule has 0 amide bonds. The van der Waals surface area contributed by atoms with Gasteiger partial charge in [0, 0.05) is 0 Å². The second-order valence-corrected chi connectivity index (χ2v) is 7.41. The van der Waals surface area contributed by atoms with E-state index in [4.69, 9.17) is 15.9 Å². The molecule has 0 spiro atoms. The fourth-order valence-corrected chi connectivity index (χ4v) is 2.75. The van der Waals surface area contributed by atoms with Crippen LogP contribution in [0.2, 0.25) is 0 Å². The molecule has 5 heteroatoms. The largest absolute Gasteiger partial charge is 1.00 e. The first-order valence-electron chi connectivity index (χ1n) is 10.9. The van der Waals surface area contributed by atoms with Gasteiger partial charge in [-0.05, 0) is 6.92 Å². The summed E-state index contributed by atoms with van der Waals surface area (Å²) in [6, 6.07) is -1.16. The van der Waals surface area contributed by atoms with Gasteiger partial charge in [0.25, 0.3) is 0 Å². The van der Waals surface area contributed by atoms with Crippen molar-refractivity contribution in [2.45, 2.75) is 129 Å². The van der Waals surface area contributed by atoms with E-state index in [1.54, 1.807) is 0 Å². The molecule has 0 fully saturated rings. The molecule has 0 aliphatic carbocycles. The molecule has 0 aromatic carbocycles. The minimum Gasteiger partial charge on any atom is -0.480 e. The maximum Gasteiger partial charge on any atom is 1.00 e. The van der Waals surface area contributed by atoms with Crippen LogP contribution in [0.3, 0.4) is 0 Å². The predicted octanol–water partition coefficient (Wildman–Crippen LogP) is 2.87. The Bertz CT molecular complexity index is 273. The van der Waals surface area contributed by atoms with Crippen LogP contribution in [-0.4, -0.2) is 28.3 Å². The Morgan fingerprint density at radius 2 is 1.11 bits per heavy atom. The molecule has 0 rings (SSSR count). The molecule has 0 aromatic heterocycles. The summed E-state index contributed by atoms with van der Waals surface area (Å²) in [4.78, 5) is 9.86. The average molecular weight is 396 g/mol. The van der Waals surface area contributed by atoms with E-state index in [0.717, 1.165) is 6.42 Å². The van der Waals surface area contributed by atoms with Gasteiger partial charge in [0.1, 0.15) is 6.04 Å². The van der Waals surface area contributed by atoms with Crippen molar-refractivity contribution in [2.75, 3.05) is 0 Å². The number of unbranched alkanes of at least 4 members (excludes halogenated alkanes) is 15. The zero-order chi connectivity index (χ0) is 20.0. The molecule has 0 saturated heterocycles. The summed E-state index contributed by atoms with van der Waals surface area (Å²) >= 11 is 0. The van der Waals surface area contributed by atoms with E-state index >= 15 is 0 Å². The second kappa shape index (κ2) is 26.4. The summed E-state index contributed by atoms with van der Waals surface area (Å²) < 4.78 is 0. The fourth-order valence-electron chi connectivity index (χ4n) is 2.75. The van der Waals surface area contributed by atoms with E-state index in [9.17, 15) is 4.79 Å². The topological polar surface area (TPSA) is 83.5 Å². The van der Waals surface area contributed by atoms with Gasteiger partial charge in [-0.2, -0.15) is 6.42 Å². The summed E-state index contributed by atoms with van der Waals surface area (Å²) in [5.41, 5.74) is 4.91. The minimum absolute atomic E-state index is 0. The van der Waals surface area contributed by atoms with Crippen LogP contribution in [0.25, 0.3) is 0 Å². The molecule has 4 nitrogen and oxygen atoms in total. The Morgan fingerprint density at radius 3 is 1.30 bits per heavy atom. The second-order valence-electron chi connectivity index (χ2n) is 7.41. The zero-order valence-corrected chi connectivity index (χ0v) is 20.6. The number of carboxylic acid groups (broad SMARTS) is 1. The van der Waals surface area contributed by atoms with Crippen LogP contribution in [0.15, 0.2) is 0 Å². The van der Waals surface area contributed by atoms with Crippen LogP contribution in [0.5, 0.6) is 0 Å². The first-order valence-corrected chi connectivity index (χ1v) is 10.9. The number of aliphatic hydroxyl groups excluding tert-OH is 1. The van der Waals surface area contributed by atoms with Crippen LogP contribution in [0.1, 0.15) is 117 Å². The number of hydrogen-bond donors (Lipinski definition) is 3. The molecule has 27 heavy (non-hydrogen) atoms. The van der Waals surface area contributed by atoms with E-state index in [1.165, 1.54) is 103 Å². The smallest absolute Gasteiger partial charge is 0.480 e. The molecular formula is C22H46NNaO3. The molecule has 0 bridgehead atoms. The van der Waals surface area contributed by atoms with Crippen molar-refractivity contribution in [1.29, 1.82) is 0 Å². The van der Waals surface area contributed by atoms with Gasteiger partial charge < -0.3 is 22.9 Å². The van der Waals surface area contributed by atoms with E-state index in [-0.39, 0.29) is 29.6 Å². The number of aliphatic carboxylic acids is 1. The maximum atomic E-state index is 9.86. The van der Waals surface area contributed by atoms with Gasteiger partial charge in [0.15, 0.2) is 0 Å². The van der Waals surface area contributed by atoms with Crippen molar-refractivity contribution in [1.82, 2.24) is 0 Å². The van der Waals surface area contributed by atoms with E-state index in [1.807, 2.05) is 0 Å². The van der Waals surface area contributed by atoms with Gasteiger partial charge in [-0.25, -0.2) is 0 Å². The van der Waals surface area contributed by atoms with Crippen LogP contribution < -0.4 is 35.3 Å². The zero-order valence-electron chi connectivity index (χ0n) is 18.6. The van der Waals surface area contributed by atoms with Gasteiger partial charge in [-0.15, -0.1) is 0 Å². The van der Waals surface area contributed by atoms with Crippen LogP contribution in [0, 0.1) is 6.92 Å². The van der Waals surface area contributed by atoms with Crippen molar-refractivity contribution >= 4 is 5.97 Å². The quantitative estimate of drug-likeness (QED) is 0.201. The Hall–Kier alpha value is 0.390. The molecule has 0 aliphatic rings. The molecule has 0 aromatic rings. The van der Waals surface area contributed by atoms with Crippen LogP contribution in [0.4, 0.5) is 0 Å².